The summed E-state index contributed by atoms with van der Waals surface area (Å²) in [4.78, 5) is 38.6. The number of anilines is 1. The molecule has 2 amide bonds. The molecule has 0 saturated heterocycles. The average molecular weight is 380 g/mol. The molecule has 0 saturated carbocycles. The third-order valence-corrected chi connectivity index (χ3v) is 5.07. The molecule has 2 aromatic carbocycles. The van der Waals surface area contributed by atoms with Crippen molar-refractivity contribution in [2.24, 2.45) is 0 Å². The minimum atomic E-state index is -0.940. The Hall–Kier alpha value is -3.35. The molecule has 2 aliphatic rings. The third-order valence-electron chi connectivity index (χ3n) is 5.07. The number of ether oxygens (including phenoxy) is 2. The molecule has 0 aliphatic carbocycles. The Kier molecular flexibility index (Phi) is 4.73. The second kappa shape index (κ2) is 7.34. The Balaban J connectivity index is 1.46. The summed E-state index contributed by atoms with van der Waals surface area (Å²) in [6, 6.07) is 12.7. The monoisotopic (exact) mass is 380 g/mol. The van der Waals surface area contributed by atoms with Crippen LogP contribution in [0.15, 0.2) is 42.5 Å². The number of esters is 1. The number of rotatable bonds is 3. The van der Waals surface area contributed by atoms with Crippen LogP contribution >= 0.6 is 0 Å². The smallest absolute Gasteiger partial charge is 0.337 e. The Bertz CT molecular complexity index is 956. The predicted molar refractivity (Wildman–Crippen MR) is 101 cm³/mol. The van der Waals surface area contributed by atoms with E-state index in [9.17, 15) is 14.4 Å². The Morgan fingerprint density at radius 3 is 2.79 bits per heavy atom. The normalized spacial score (nSPS) is 17.7. The summed E-state index contributed by atoms with van der Waals surface area (Å²) in [5.41, 5.74) is 3.16. The van der Waals surface area contributed by atoms with E-state index in [1.54, 1.807) is 17.0 Å². The first-order valence-electron chi connectivity index (χ1n) is 9.09. The largest absolute Gasteiger partial charge is 0.478 e. The molecule has 1 unspecified atom stereocenters. The highest BCUT2D eigenvalue weighted by atomic mass is 16.5. The first-order valence-corrected chi connectivity index (χ1v) is 9.09. The SMILES string of the molecule is COC(=O)c1ccc2c(c1)OC(CC(=O)N1CCc3ccccc3C1)C(=O)N2. The lowest BCUT2D eigenvalue weighted by Crippen LogP contribution is -2.43. The van der Waals surface area contributed by atoms with Crippen molar-refractivity contribution in [1.29, 1.82) is 0 Å². The summed E-state index contributed by atoms with van der Waals surface area (Å²) in [6.07, 6.45) is -0.203. The summed E-state index contributed by atoms with van der Waals surface area (Å²) < 4.78 is 10.4. The number of fused-ring (bicyclic) bond motifs is 2. The quantitative estimate of drug-likeness (QED) is 0.825. The van der Waals surface area contributed by atoms with Gasteiger partial charge in [0.1, 0.15) is 5.75 Å². The molecule has 7 nitrogen and oxygen atoms in total. The molecular formula is C21H20N2O5. The maximum atomic E-state index is 12.7. The molecule has 0 aromatic heterocycles. The van der Waals surface area contributed by atoms with Gasteiger partial charge in [0.05, 0.1) is 24.8 Å². The van der Waals surface area contributed by atoms with E-state index in [0.717, 1.165) is 12.0 Å². The van der Waals surface area contributed by atoms with Crippen LogP contribution in [0.1, 0.15) is 27.9 Å². The van der Waals surface area contributed by atoms with Gasteiger partial charge in [-0.25, -0.2) is 4.79 Å². The van der Waals surface area contributed by atoms with E-state index in [-0.39, 0.29) is 18.2 Å². The molecular weight excluding hydrogens is 360 g/mol. The maximum Gasteiger partial charge on any atom is 0.337 e. The molecule has 2 aromatic rings. The van der Waals surface area contributed by atoms with Gasteiger partial charge in [-0.3, -0.25) is 9.59 Å². The minimum Gasteiger partial charge on any atom is -0.478 e. The number of carbonyl (C=O) groups is 3. The minimum absolute atomic E-state index is 0.0596. The lowest BCUT2D eigenvalue weighted by atomic mass is 9.99. The van der Waals surface area contributed by atoms with Crippen LogP contribution in [0.4, 0.5) is 5.69 Å². The Morgan fingerprint density at radius 2 is 2.00 bits per heavy atom. The molecule has 2 heterocycles. The van der Waals surface area contributed by atoms with Gasteiger partial charge in [0.15, 0.2) is 6.10 Å². The highest BCUT2D eigenvalue weighted by Crippen LogP contribution is 2.32. The zero-order valence-electron chi connectivity index (χ0n) is 15.4. The van der Waals surface area contributed by atoms with Crippen molar-refractivity contribution < 1.29 is 23.9 Å². The number of hydrogen-bond acceptors (Lipinski definition) is 5. The summed E-state index contributed by atoms with van der Waals surface area (Å²) in [6.45, 7) is 1.15. The fourth-order valence-corrected chi connectivity index (χ4v) is 3.52. The fourth-order valence-electron chi connectivity index (χ4n) is 3.52. The molecule has 7 heteroatoms. The topological polar surface area (TPSA) is 84.9 Å². The first kappa shape index (κ1) is 18.0. The van der Waals surface area contributed by atoms with Gasteiger partial charge in [0.25, 0.3) is 5.91 Å². The molecule has 144 valence electrons. The molecule has 0 fully saturated rings. The molecule has 0 radical (unpaired) electrons. The number of benzene rings is 2. The van der Waals surface area contributed by atoms with E-state index in [2.05, 4.69) is 11.4 Å². The van der Waals surface area contributed by atoms with Crippen molar-refractivity contribution in [1.82, 2.24) is 4.90 Å². The molecule has 28 heavy (non-hydrogen) atoms. The maximum absolute atomic E-state index is 12.7. The Labute approximate surface area is 162 Å². The van der Waals surface area contributed by atoms with Crippen molar-refractivity contribution in [3.8, 4) is 5.75 Å². The third kappa shape index (κ3) is 3.43. The molecule has 0 spiro atoms. The number of nitrogens with one attached hydrogen (secondary N) is 1. The van der Waals surface area contributed by atoms with Crippen molar-refractivity contribution in [2.45, 2.75) is 25.5 Å². The van der Waals surface area contributed by atoms with Crippen LogP contribution in [-0.4, -0.2) is 42.4 Å². The zero-order chi connectivity index (χ0) is 19.7. The van der Waals surface area contributed by atoms with Crippen LogP contribution < -0.4 is 10.1 Å². The van der Waals surface area contributed by atoms with Gasteiger partial charge in [0.2, 0.25) is 5.91 Å². The van der Waals surface area contributed by atoms with Gasteiger partial charge in [0, 0.05) is 13.1 Å². The summed E-state index contributed by atoms with van der Waals surface area (Å²) >= 11 is 0. The predicted octanol–water partition coefficient (Wildman–Crippen LogP) is 2.15. The molecule has 4 rings (SSSR count). The van der Waals surface area contributed by atoms with Crippen molar-refractivity contribution in [3.63, 3.8) is 0 Å². The van der Waals surface area contributed by atoms with E-state index in [0.29, 0.717) is 30.1 Å². The van der Waals surface area contributed by atoms with Gasteiger partial charge < -0.3 is 19.7 Å². The van der Waals surface area contributed by atoms with Gasteiger partial charge >= 0.3 is 5.97 Å². The number of hydrogen-bond donors (Lipinski definition) is 1. The van der Waals surface area contributed by atoms with Crippen LogP contribution in [-0.2, 0) is 27.3 Å². The van der Waals surface area contributed by atoms with E-state index in [1.165, 1.54) is 18.7 Å². The lowest BCUT2D eigenvalue weighted by molar-refractivity contribution is -0.137. The van der Waals surface area contributed by atoms with Crippen molar-refractivity contribution >= 4 is 23.5 Å². The van der Waals surface area contributed by atoms with Crippen LogP contribution in [0.5, 0.6) is 5.75 Å². The molecule has 2 aliphatic heterocycles. The van der Waals surface area contributed by atoms with Gasteiger partial charge in [-0.1, -0.05) is 24.3 Å². The van der Waals surface area contributed by atoms with Crippen LogP contribution in [0.25, 0.3) is 0 Å². The van der Waals surface area contributed by atoms with Crippen LogP contribution in [0, 0.1) is 0 Å². The second-order valence-electron chi connectivity index (χ2n) is 6.84. The molecule has 1 atom stereocenters. The Morgan fingerprint density at radius 1 is 1.21 bits per heavy atom. The lowest BCUT2D eigenvalue weighted by Gasteiger charge is -2.31. The van der Waals surface area contributed by atoms with E-state index < -0.39 is 12.1 Å². The average Bonchev–Trinajstić information content (AvgIpc) is 2.73. The molecule has 0 bridgehead atoms. The second-order valence-corrected chi connectivity index (χ2v) is 6.84. The summed E-state index contributed by atoms with van der Waals surface area (Å²) in [7, 11) is 1.29. The number of carbonyl (C=O) groups excluding carboxylic acids is 3. The van der Waals surface area contributed by atoms with Crippen LogP contribution in [0.3, 0.4) is 0 Å². The van der Waals surface area contributed by atoms with Gasteiger partial charge in [-0.05, 0) is 35.7 Å². The number of amides is 2. The fraction of sp³-hybridized carbons (Fsp3) is 0.286. The van der Waals surface area contributed by atoms with Gasteiger partial charge in [-0.2, -0.15) is 0 Å². The van der Waals surface area contributed by atoms with E-state index in [4.69, 9.17) is 9.47 Å². The number of nitrogens with zero attached hydrogens (tertiary/aromatic N) is 1. The highest BCUT2D eigenvalue weighted by Gasteiger charge is 2.32. The van der Waals surface area contributed by atoms with Gasteiger partial charge in [-0.15, -0.1) is 0 Å². The highest BCUT2D eigenvalue weighted by molar-refractivity contribution is 6.01. The van der Waals surface area contributed by atoms with Crippen LogP contribution in [0.2, 0.25) is 0 Å². The van der Waals surface area contributed by atoms with E-state index >= 15 is 0 Å². The van der Waals surface area contributed by atoms with Crippen molar-refractivity contribution in [2.75, 3.05) is 19.0 Å². The standard InChI is InChI=1S/C21H20N2O5/c1-27-21(26)14-6-7-16-17(10-14)28-18(20(25)22-16)11-19(24)23-9-8-13-4-2-3-5-15(13)12-23/h2-7,10,18H,8-9,11-12H2,1H3,(H,22,25). The molecule has 1 N–H and O–H groups in total. The zero-order valence-corrected chi connectivity index (χ0v) is 15.4. The first-order chi connectivity index (χ1) is 13.5. The summed E-state index contributed by atoms with van der Waals surface area (Å²) in [5.74, 6) is -0.654. The van der Waals surface area contributed by atoms with Crippen molar-refractivity contribution in [3.05, 3.63) is 59.2 Å². The number of methoxy groups -OCH3 is 1. The van der Waals surface area contributed by atoms with E-state index in [1.807, 2.05) is 18.2 Å². The summed E-state index contributed by atoms with van der Waals surface area (Å²) in [5, 5.41) is 2.73.